The maximum Gasteiger partial charge on any atom is 0.230 e. The fourth-order valence-corrected chi connectivity index (χ4v) is 3.15. The molecule has 0 aromatic heterocycles. The number of amides is 1. The molecule has 0 heterocycles. The van der Waals surface area contributed by atoms with Crippen LogP contribution in [-0.4, -0.2) is 11.7 Å². The molecule has 2 rings (SSSR count). The van der Waals surface area contributed by atoms with E-state index < -0.39 is 0 Å². The topological polar surface area (TPSA) is 29.1 Å². The normalized spacial score (nSPS) is 12.0. The van der Waals surface area contributed by atoms with Gasteiger partial charge < -0.3 is 5.32 Å². The Morgan fingerprint density at radius 2 is 1.74 bits per heavy atom. The highest BCUT2D eigenvalue weighted by molar-refractivity contribution is 7.99. The summed E-state index contributed by atoms with van der Waals surface area (Å²) in [5.41, 5.74) is 6.22. The van der Waals surface area contributed by atoms with Gasteiger partial charge in [-0.2, -0.15) is 0 Å². The van der Waals surface area contributed by atoms with E-state index >= 15 is 0 Å². The van der Waals surface area contributed by atoms with Gasteiger partial charge >= 0.3 is 0 Å². The SMILES string of the molecule is Cc1ccc(CSCC(=O)N[C@H](C)c2ccc(C)c(C)c2)cc1. The highest BCUT2D eigenvalue weighted by Crippen LogP contribution is 2.17. The molecule has 0 aliphatic heterocycles. The molecule has 1 amide bonds. The Balaban J connectivity index is 1.79. The molecule has 0 spiro atoms. The van der Waals surface area contributed by atoms with Gasteiger partial charge in [0.1, 0.15) is 0 Å². The monoisotopic (exact) mass is 327 g/mol. The van der Waals surface area contributed by atoms with Crippen LogP contribution >= 0.6 is 11.8 Å². The number of carbonyl (C=O) groups is 1. The molecule has 0 aliphatic carbocycles. The molecule has 0 fully saturated rings. The van der Waals surface area contributed by atoms with E-state index in [1.54, 1.807) is 11.8 Å². The standard InChI is InChI=1S/C20H25NOS/c1-14-5-8-18(9-6-14)12-23-13-20(22)21-17(4)19-10-7-15(2)16(3)11-19/h5-11,17H,12-13H2,1-4H3,(H,21,22)/t17-/m1/s1. The van der Waals surface area contributed by atoms with Crippen molar-refractivity contribution >= 4 is 17.7 Å². The third kappa shape index (κ3) is 5.43. The summed E-state index contributed by atoms with van der Waals surface area (Å²) in [6, 6.07) is 14.9. The minimum atomic E-state index is 0.0433. The van der Waals surface area contributed by atoms with Crippen molar-refractivity contribution in [3.63, 3.8) is 0 Å². The van der Waals surface area contributed by atoms with Crippen molar-refractivity contribution in [3.8, 4) is 0 Å². The number of nitrogens with one attached hydrogen (secondary N) is 1. The molecule has 2 nitrogen and oxygen atoms in total. The number of aryl methyl sites for hydroxylation is 3. The van der Waals surface area contributed by atoms with Gasteiger partial charge in [-0.1, -0.05) is 48.0 Å². The van der Waals surface area contributed by atoms with E-state index in [1.807, 2.05) is 6.92 Å². The lowest BCUT2D eigenvalue weighted by atomic mass is 10.0. The Labute approximate surface area is 143 Å². The first kappa shape index (κ1) is 17.6. The Bertz CT molecular complexity index is 664. The van der Waals surface area contributed by atoms with Crippen LogP contribution in [0.2, 0.25) is 0 Å². The molecule has 23 heavy (non-hydrogen) atoms. The maximum atomic E-state index is 12.1. The average molecular weight is 327 g/mol. The molecule has 1 atom stereocenters. The van der Waals surface area contributed by atoms with Crippen molar-refractivity contribution in [1.82, 2.24) is 5.32 Å². The second-order valence-corrected chi connectivity index (χ2v) is 7.10. The fourth-order valence-electron chi connectivity index (χ4n) is 2.35. The molecule has 0 unspecified atom stereocenters. The van der Waals surface area contributed by atoms with Crippen LogP contribution in [0.25, 0.3) is 0 Å². The van der Waals surface area contributed by atoms with Gasteiger partial charge in [0, 0.05) is 5.75 Å². The van der Waals surface area contributed by atoms with Gasteiger partial charge in [-0.3, -0.25) is 4.79 Å². The second-order valence-electron chi connectivity index (χ2n) is 6.11. The summed E-state index contributed by atoms with van der Waals surface area (Å²) in [5, 5.41) is 3.08. The summed E-state index contributed by atoms with van der Waals surface area (Å²) in [4.78, 5) is 12.1. The zero-order valence-corrected chi connectivity index (χ0v) is 15.2. The molecule has 0 aliphatic rings. The summed E-state index contributed by atoms with van der Waals surface area (Å²) in [6.45, 7) is 8.32. The molecule has 0 saturated carbocycles. The van der Waals surface area contributed by atoms with E-state index in [2.05, 4.69) is 68.6 Å². The van der Waals surface area contributed by atoms with Crippen LogP contribution in [0.15, 0.2) is 42.5 Å². The summed E-state index contributed by atoms with van der Waals surface area (Å²) in [7, 11) is 0. The summed E-state index contributed by atoms with van der Waals surface area (Å²) in [6.07, 6.45) is 0. The van der Waals surface area contributed by atoms with E-state index in [0.29, 0.717) is 5.75 Å². The van der Waals surface area contributed by atoms with Crippen molar-refractivity contribution in [2.45, 2.75) is 39.5 Å². The highest BCUT2D eigenvalue weighted by atomic mass is 32.2. The number of hydrogen-bond donors (Lipinski definition) is 1. The fraction of sp³-hybridized carbons (Fsp3) is 0.350. The van der Waals surface area contributed by atoms with Crippen LogP contribution in [-0.2, 0) is 10.5 Å². The van der Waals surface area contributed by atoms with Crippen molar-refractivity contribution in [2.24, 2.45) is 0 Å². The lowest BCUT2D eigenvalue weighted by Crippen LogP contribution is -2.28. The average Bonchev–Trinajstić information content (AvgIpc) is 2.52. The minimum Gasteiger partial charge on any atom is -0.349 e. The predicted octanol–water partition coefficient (Wildman–Crippen LogP) is 4.72. The quantitative estimate of drug-likeness (QED) is 0.831. The van der Waals surface area contributed by atoms with Crippen molar-refractivity contribution in [3.05, 3.63) is 70.3 Å². The Hall–Kier alpha value is -1.74. The van der Waals surface area contributed by atoms with Gasteiger partial charge in [0.05, 0.1) is 11.8 Å². The Kier molecular flexibility index (Phi) is 6.28. The summed E-state index contributed by atoms with van der Waals surface area (Å²) < 4.78 is 0. The molecule has 122 valence electrons. The van der Waals surface area contributed by atoms with E-state index in [9.17, 15) is 4.79 Å². The number of hydrogen-bond acceptors (Lipinski definition) is 2. The number of carbonyl (C=O) groups excluding carboxylic acids is 1. The number of rotatable bonds is 6. The zero-order chi connectivity index (χ0) is 16.8. The van der Waals surface area contributed by atoms with Crippen LogP contribution in [0.3, 0.4) is 0 Å². The largest absolute Gasteiger partial charge is 0.349 e. The van der Waals surface area contributed by atoms with Crippen molar-refractivity contribution in [2.75, 3.05) is 5.75 Å². The molecule has 2 aromatic carbocycles. The lowest BCUT2D eigenvalue weighted by molar-refractivity contribution is -0.119. The van der Waals surface area contributed by atoms with E-state index in [-0.39, 0.29) is 11.9 Å². The molecular weight excluding hydrogens is 302 g/mol. The summed E-state index contributed by atoms with van der Waals surface area (Å²) >= 11 is 1.65. The van der Waals surface area contributed by atoms with Gasteiger partial charge in [0.15, 0.2) is 0 Å². The third-order valence-electron chi connectivity index (χ3n) is 4.03. The molecule has 1 N–H and O–H groups in total. The van der Waals surface area contributed by atoms with Crippen LogP contribution in [0, 0.1) is 20.8 Å². The van der Waals surface area contributed by atoms with Crippen molar-refractivity contribution < 1.29 is 4.79 Å². The van der Waals surface area contributed by atoms with Crippen LogP contribution in [0.4, 0.5) is 0 Å². The van der Waals surface area contributed by atoms with E-state index in [0.717, 1.165) is 11.3 Å². The number of benzene rings is 2. The Morgan fingerprint density at radius 3 is 2.39 bits per heavy atom. The van der Waals surface area contributed by atoms with Crippen LogP contribution in [0.1, 0.15) is 40.8 Å². The Morgan fingerprint density at radius 1 is 1.04 bits per heavy atom. The molecule has 0 bridgehead atoms. The maximum absolute atomic E-state index is 12.1. The molecule has 0 radical (unpaired) electrons. The van der Waals surface area contributed by atoms with E-state index in [1.165, 1.54) is 22.3 Å². The van der Waals surface area contributed by atoms with Crippen LogP contribution < -0.4 is 5.32 Å². The second kappa shape index (κ2) is 8.21. The molecule has 0 saturated heterocycles. The highest BCUT2D eigenvalue weighted by Gasteiger charge is 2.10. The molecule has 3 heteroatoms. The van der Waals surface area contributed by atoms with Gasteiger partial charge in [-0.25, -0.2) is 0 Å². The summed E-state index contributed by atoms with van der Waals surface area (Å²) in [5.74, 6) is 1.45. The van der Waals surface area contributed by atoms with Gasteiger partial charge in [0.2, 0.25) is 5.91 Å². The first-order valence-corrected chi connectivity index (χ1v) is 9.11. The van der Waals surface area contributed by atoms with E-state index in [4.69, 9.17) is 0 Å². The lowest BCUT2D eigenvalue weighted by Gasteiger charge is -2.15. The van der Waals surface area contributed by atoms with Crippen molar-refractivity contribution in [1.29, 1.82) is 0 Å². The smallest absolute Gasteiger partial charge is 0.230 e. The molecule has 2 aromatic rings. The van der Waals surface area contributed by atoms with Gasteiger partial charge in [-0.15, -0.1) is 11.8 Å². The predicted molar refractivity (Wildman–Crippen MR) is 99.8 cm³/mol. The van der Waals surface area contributed by atoms with Gasteiger partial charge in [0.25, 0.3) is 0 Å². The first-order valence-electron chi connectivity index (χ1n) is 7.95. The first-order chi connectivity index (χ1) is 11.0. The third-order valence-corrected chi connectivity index (χ3v) is 5.03. The zero-order valence-electron chi connectivity index (χ0n) is 14.3. The minimum absolute atomic E-state index is 0.0433. The van der Waals surface area contributed by atoms with Gasteiger partial charge in [-0.05, 0) is 49.9 Å². The molecular formula is C20H25NOS. The van der Waals surface area contributed by atoms with Crippen LogP contribution in [0.5, 0.6) is 0 Å². The number of thioether (sulfide) groups is 1.